The van der Waals surface area contributed by atoms with Crippen molar-refractivity contribution in [2.24, 2.45) is 5.10 Å². The van der Waals surface area contributed by atoms with Crippen molar-refractivity contribution < 1.29 is 9.21 Å². The molecule has 1 aromatic carbocycles. The molecule has 0 radical (unpaired) electrons. The van der Waals surface area contributed by atoms with Crippen LogP contribution in [-0.2, 0) is 0 Å². The second-order valence-corrected chi connectivity index (χ2v) is 5.34. The SMILES string of the molecule is C/C(=N/NC(=O)c1cc(-c2ccc(C)o2)[nH]n1)c1ccc(N)cc1. The molecule has 0 aliphatic rings. The van der Waals surface area contributed by atoms with Gasteiger partial charge in [-0.3, -0.25) is 9.89 Å². The molecule has 0 saturated carbocycles. The van der Waals surface area contributed by atoms with Gasteiger partial charge in [-0.15, -0.1) is 0 Å². The molecule has 122 valence electrons. The summed E-state index contributed by atoms with van der Waals surface area (Å²) >= 11 is 0. The molecule has 0 aliphatic heterocycles. The molecule has 0 fully saturated rings. The molecule has 0 aliphatic carbocycles. The van der Waals surface area contributed by atoms with Gasteiger partial charge >= 0.3 is 0 Å². The second kappa shape index (κ2) is 6.41. The number of nitrogen functional groups attached to an aromatic ring is 1. The quantitative estimate of drug-likeness (QED) is 0.389. The first-order valence-electron chi connectivity index (χ1n) is 7.35. The average Bonchev–Trinajstić information content (AvgIpc) is 3.22. The van der Waals surface area contributed by atoms with Gasteiger partial charge in [-0.2, -0.15) is 10.2 Å². The molecule has 1 amide bonds. The fourth-order valence-corrected chi connectivity index (χ4v) is 2.12. The number of hydrogen-bond donors (Lipinski definition) is 3. The minimum atomic E-state index is -0.407. The zero-order chi connectivity index (χ0) is 17.1. The number of hydrogen-bond acceptors (Lipinski definition) is 5. The average molecular weight is 323 g/mol. The first kappa shape index (κ1) is 15.5. The number of furan rings is 1. The van der Waals surface area contributed by atoms with Gasteiger partial charge in [0.25, 0.3) is 5.91 Å². The minimum Gasteiger partial charge on any atom is -0.460 e. The number of amides is 1. The number of nitrogens with two attached hydrogens (primary N) is 1. The maximum atomic E-state index is 12.1. The number of hydrazone groups is 1. The number of benzene rings is 1. The summed E-state index contributed by atoms with van der Waals surface area (Å²) in [6, 6.07) is 12.5. The van der Waals surface area contributed by atoms with Crippen LogP contribution in [0.5, 0.6) is 0 Å². The molecule has 0 unspecified atom stereocenters. The molecule has 2 aromatic heterocycles. The van der Waals surface area contributed by atoms with Crippen molar-refractivity contribution in [3.05, 3.63) is 59.5 Å². The summed E-state index contributed by atoms with van der Waals surface area (Å²) in [5.74, 6) is 1.01. The van der Waals surface area contributed by atoms with Gasteiger partial charge in [0.1, 0.15) is 11.5 Å². The van der Waals surface area contributed by atoms with E-state index in [1.54, 1.807) is 25.1 Å². The van der Waals surface area contributed by atoms with E-state index in [0.29, 0.717) is 22.9 Å². The number of aromatic nitrogens is 2. The van der Waals surface area contributed by atoms with E-state index < -0.39 is 5.91 Å². The molecule has 24 heavy (non-hydrogen) atoms. The van der Waals surface area contributed by atoms with E-state index in [1.165, 1.54) is 0 Å². The van der Waals surface area contributed by atoms with Crippen molar-refractivity contribution >= 4 is 17.3 Å². The van der Waals surface area contributed by atoms with Crippen LogP contribution in [0.1, 0.15) is 28.7 Å². The van der Waals surface area contributed by atoms with Crippen molar-refractivity contribution in [2.45, 2.75) is 13.8 Å². The lowest BCUT2D eigenvalue weighted by atomic mass is 10.1. The van der Waals surface area contributed by atoms with Gasteiger partial charge in [0.15, 0.2) is 11.5 Å². The van der Waals surface area contributed by atoms with Gasteiger partial charge < -0.3 is 10.2 Å². The summed E-state index contributed by atoms with van der Waals surface area (Å²) in [7, 11) is 0. The Morgan fingerprint density at radius 2 is 2.00 bits per heavy atom. The number of carbonyl (C=O) groups excluding carboxylic acids is 1. The molecule has 2 heterocycles. The zero-order valence-corrected chi connectivity index (χ0v) is 13.3. The van der Waals surface area contributed by atoms with E-state index in [9.17, 15) is 4.79 Å². The fraction of sp³-hybridized carbons (Fsp3) is 0.118. The number of rotatable bonds is 4. The normalized spacial score (nSPS) is 11.5. The van der Waals surface area contributed by atoms with Crippen LogP contribution in [0.25, 0.3) is 11.5 Å². The van der Waals surface area contributed by atoms with Crippen LogP contribution in [0.2, 0.25) is 0 Å². The van der Waals surface area contributed by atoms with Crippen LogP contribution in [-0.4, -0.2) is 21.8 Å². The van der Waals surface area contributed by atoms with Gasteiger partial charge in [-0.25, -0.2) is 5.43 Å². The molecule has 3 rings (SSSR count). The third kappa shape index (κ3) is 3.35. The number of H-pyrrole nitrogens is 1. The Hall–Kier alpha value is -3.35. The summed E-state index contributed by atoms with van der Waals surface area (Å²) in [6.45, 7) is 3.65. The standard InChI is InChI=1S/C17H17N5O2/c1-10-3-8-16(24-10)14-9-15(21-20-14)17(23)22-19-11(2)12-4-6-13(18)7-5-12/h3-9H,18H2,1-2H3,(H,20,21)(H,22,23)/b19-11-. The Labute approximate surface area is 138 Å². The number of aromatic amines is 1. The van der Waals surface area contributed by atoms with E-state index >= 15 is 0 Å². The van der Waals surface area contributed by atoms with Crippen molar-refractivity contribution in [3.8, 4) is 11.5 Å². The predicted octanol–water partition coefficient (Wildman–Crippen LogP) is 2.71. The second-order valence-electron chi connectivity index (χ2n) is 5.34. The van der Waals surface area contributed by atoms with Crippen molar-refractivity contribution in [1.29, 1.82) is 0 Å². The highest BCUT2D eigenvalue weighted by atomic mass is 16.3. The molecule has 0 saturated heterocycles. The lowest BCUT2D eigenvalue weighted by Gasteiger charge is -2.02. The van der Waals surface area contributed by atoms with Gasteiger partial charge in [0.2, 0.25) is 0 Å². The third-order valence-electron chi connectivity index (χ3n) is 3.47. The lowest BCUT2D eigenvalue weighted by molar-refractivity contribution is 0.0950. The third-order valence-corrected chi connectivity index (χ3v) is 3.47. The van der Waals surface area contributed by atoms with Gasteiger partial charge in [0, 0.05) is 11.8 Å². The number of anilines is 1. The van der Waals surface area contributed by atoms with E-state index in [4.69, 9.17) is 10.2 Å². The van der Waals surface area contributed by atoms with Crippen molar-refractivity contribution in [3.63, 3.8) is 0 Å². The van der Waals surface area contributed by atoms with Crippen molar-refractivity contribution in [2.75, 3.05) is 5.73 Å². The van der Waals surface area contributed by atoms with Crippen LogP contribution in [0, 0.1) is 6.92 Å². The van der Waals surface area contributed by atoms with Crippen LogP contribution < -0.4 is 11.2 Å². The van der Waals surface area contributed by atoms with Gasteiger partial charge in [-0.1, -0.05) is 12.1 Å². The molecule has 0 atom stereocenters. The molecular formula is C17H17N5O2. The molecular weight excluding hydrogens is 306 g/mol. The van der Waals surface area contributed by atoms with E-state index in [-0.39, 0.29) is 5.69 Å². The first-order chi connectivity index (χ1) is 11.5. The number of nitrogens with zero attached hydrogens (tertiary/aromatic N) is 2. The zero-order valence-electron chi connectivity index (χ0n) is 13.3. The van der Waals surface area contributed by atoms with E-state index in [0.717, 1.165) is 11.3 Å². The Kier molecular flexibility index (Phi) is 4.15. The van der Waals surface area contributed by atoms with Gasteiger partial charge in [-0.05, 0) is 43.7 Å². The maximum absolute atomic E-state index is 12.1. The lowest BCUT2D eigenvalue weighted by Crippen LogP contribution is -2.19. The fourth-order valence-electron chi connectivity index (χ4n) is 2.12. The summed E-state index contributed by atoms with van der Waals surface area (Å²) in [4.78, 5) is 12.1. The van der Waals surface area contributed by atoms with Crippen LogP contribution >= 0.6 is 0 Å². The predicted molar refractivity (Wildman–Crippen MR) is 91.6 cm³/mol. The molecule has 7 nitrogen and oxygen atoms in total. The molecule has 3 aromatic rings. The first-order valence-corrected chi connectivity index (χ1v) is 7.35. The summed E-state index contributed by atoms with van der Waals surface area (Å²) in [5.41, 5.74) is 11.2. The largest absolute Gasteiger partial charge is 0.460 e. The summed E-state index contributed by atoms with van der Waals surface area (Å²) in [6.07, 6.45) is 0. The molecule has 4 N–H and O–H groups in total. The van der Waals surface area contributed by atoms with Crippen LogP contribution in [0.4, 0.5) is 5.69 Å². The number of aryl methyl sites for hydroxylation is 1. The van der Waals surface area contributed by atoms with Crippen molar-refractivity contribution in [1.82, 2.24) is 15.6 Å². The maximum Gasteiger partial charge on any atom is 0.291 e. The highest BCUT2D eigenvalue weighted by molar-refractivity contribution is 6.00. The topological polar surface area (TPSA) is 109 Å². The Balaban J connectivity index is 1.70. The van der Waals surface area contributed by atoms with E-state index in [1.807, 2.05) is 31.2 Å². The number of carbonyl (C=O) groups is 1. The van der Waals surface area contributed by atoms with Gasteiger partial charge in [0.05, 0.1) is 5.71 Å². The molecule has 7 heteroatoms. The number of nitrogens with one attached hydrogen (secondary N) is 2. The summed E-state index contributed by atoms with van der Waals surface area (Å²) < 4.78 is 5.49. The Morgan fingerprint density at radius 3 is 2.67 bits per heavy atom. The van der Waals surface area contributed by atoms with Crippen LogP contribution in [0.15, 0.2) is 52.0 Å². The highest BCUT2D eigenvalue weighted by Crippen LogP contribution is 2.20. The minimum absolute atomic E-state index is 0.230. The summed E-state index contributed by atoms with van der Waals surface area (Å²) in [5, 5.41) is 10.8. The van der Waals surface area contributed by atoms with Crippen LogP contribution in [0.3, 0.4) is 0 Å². The van der Waals surface area contributed by atoms with E-state index in [2.05, 4.69) is 20.7 Å². The Morgan fingerprint density at radius 1 is 1.25 bits per heavy atom. The molecule has 0 spiro atoms. The monoisotopic (exact) mass is 323 g/mol. The smallest absolute Gasteiger partial charge is 0.291 e. The molecule has 0 bridgehead atoms. The Bertz CT molecular complexity index is 890. The highest BCUT2D eigenvalue weighted by Gasteiger charge is 2.13.